The van der Waals surface area contributed by atoms with Crippen LogP contribution in [-0.4, -0.2) is 29.9 Å². The lowest BCUT2D eigenvalue weighted by molar-refractivity contribution is 0.0528. The fourth-order valence-corrected chi connectivity index (χ4v) is 1.84. The first-order chi connectivity index (χ1) is 9.79. The lowest BCUT2D eigenvalue weighted by Gasteiger charge is -2.19. The summed E-state index contributed by atoms with van der Waals surface area (Å²) in [6, 6.07) is 7.65. The van der Waals surface area contributed by atoms with Crippen molar-refractivity contribution in [2.24, 2.45) is 0 Å². The van der Waals surface area contributed by atoms with Crippen LogP contribution in [0.2, 0.25) is 0 Å². The van der Waals surface area contributed by atoms with Crippen LogP contribution in [0.5, 0.6) is 0 Å². The van der Waals surface area contributed by atoms with E-state index >= 15 is 0 Å². The monoisotopic (exact) mass is 294 g/mol. The Bertz CT molecular complexity index is 453. The summed E-state index contributed by atoms with van der Waals surface area (Å²) in [5.74, 6) is 0. The third-order valence-corrected chi connectivity index (χ3v) is 2.75. The van der Waals surface area contributed by atoms with Gasteiger partial charge in [0, 0.05) is 24.3 Å². The van der Waals surface area contributed by atoms with Crippen molar-refractivity contribution in [2.75, 3.05) is 18.4 Å². The first-order valence-electron chi connectivity index (χ1n) is 7.27. The predicted octanol–water partition coefficient (Wildman–Crippen LogP) is 3.07. The van der Waals surface area contributed by atoms with E-state index in [1.807, 2.05) is 45.0 Å². The van der Waals surface area contributed by atoms with E-state index in [2.05, 4.69) is 10.6 Å². The highest BCUT2D eigenvalue weighted by molar-refractivity contribution is 5.67. The van der Waals surface area contributed by atoms with Crippen molar-refractivity contribution in [2.45, 2.75) is 45.8 Å². The fraction of sp³-hybridized carbons (Fsp3) is 0.562. The van der Waals surface area contributed by atoms with Crippen molar-refractivity contribution in [1.82, 2.24) is 5.32 Å². The molecule has 0 saturated carbocycles. The van der Waals surface area contributed by atoms with E-state index < -0.39 is 17.8 Å². The minimum Gasteiger partial charge on any atom is -0.444 e. The van der Waals surface area contributed by atoms with Crippen molar-refractivity contribution in [3.05, 3.63) is 29.8 Å². The van der Waals surface area contributed by atoms with Gasteiger partial charge in [0.05, 0.1) is 6.10 Å². The molecule has 0 aliphatic rings. The zero-order valence-electron chi connectivity index (χ0n) is 13.3. The van der Waals surface area contributed by atoms with Gasteiger partial charge in [-0.25, -0.2) is 4.79 Å². The molecule has 1 unspecified atom stereocenters. The molecule has 1 atom stereocenters. The van der Waals surface area contributed by atoms with Crippen LogP contribution in [0.1, 0.15) is 45.8 Å². The van der Waals surface area contributed by atoms with Crippen LogP contribution in [-0.2, 0) is 4.74 Å². The molecule has 0 radical (unpaired) electrons. The number of aliphatic hydroxyl groups excluding tert-OH is 1. The van der Waals surface area contributed by atoms with Gasteiger partial charge in [-0.3, -0.25) is 0 Å². The van der Waals surface area contributed by atoms with E-state index in [9.17, 15) is 9.90 Å². The minimum absolute atomic E-state index is 0.396. The van der Waals surface area contributed by atoms with Crippen LogP contribution in [0.15, 0.2) is 24.3 Å². The van der Waals surface area contributed by atoms with Gasteiger partial charge < -0.3 is 20.5 Å². The topological polar surface area (TPSA) is 70.6 Å². The van der Waals surface area contributed by atoms with Gasteiger partial charge in [-0.05, 0) is 40.2 Å². The Balaban J connectivity index is 2.28. The van der Waals surface area contributed by atoms with Gasteiger partial charge in [0.25, 0.3) is 0 Å². The maximum atomic E-state index is 11.4. The molecule has 21 heavy (non-hydrogen) atoms. The number of hydrogen-bond acceptors (Lipinski definition) is 4. The van der Waals surface area contributed by atoms with Gasteiger partial charge >= 0.3 is 6.09 Å². The molecule has 1 amide bonds. The Morgan fingerprint density at radius 1 is 1.29 bits per heavy atom. The van der Waals surface area contributed by atoms with Gasteiger partial charge in [-0.1, -0.05) is 18.2 Å². The molecule has 0 spiro atoms. The first kappa shape index (κ1) is 17.3. The van der Waals surface area contributed by atoms with Gasteiger partial charge in [-0.15, -0.1) is 0 Å². The normalized spacial score (nSPS) is 12.6. The number of amides is 1. The van der Waals surface area contributed by atoms with E-state index in [4.69, 9.17) is 4.74 Å². The minimum atomic E-state index is -0.506. The van der Waals surface area contributed by atoms with Gasteiger partial charge in [0.15, 0.2) is 0 Å². The summed E-state index contributed by atoms with van der Waals surface area (Å²) in [5, 5.41) is 15.7. The molecule has 5 heteroatoms. The summed E-state index contributed by atoms with van der Waals surface area (Å²) >= 11 is 0. The molecular weight excluding hydrogens is 268 g/mol. The van der Waals surface area contributed by atoms with Crippen LogP contribution in [0, 0.1) is 0 Å². The molecule has 0 aromatic heterocycles. The van der Waals surface area contributed by atoms with Crippen LogP contribution in [0.25, 0.3) is 0 Å². The number of para-hydroxylation sites is 1. The Morgan fingerprint density at radius 3 is 2.57 bits per heavy atom. The van der Waals surface area contributed by atoms with Crippen LogP contribution in [0.4, 0.5) is 10.5 Å². The second-order valence-corrected chi connectivity index (χ2v) is 5.97. The van der Waals surface area contributed by atoms with E-state index in [1.54, 1.807) is 6.92 Å². The molecule has 1 aromatic carbocycles. The molecule has 0 bridgehead atoms. The number of carbonyl (C=O) groups is 1. The Labute approximate surface area is 126 Å². The summed E-state index contributed by atoms with van der Waals surface area (Å²) in [6.07, 6.45) is -0.131. The average molecular weight is 294 g/mol. The molecule has 0 aliphatic heterocycles. The second kappa shape index (κ2) is 7.88. The standard InChI is InChI=1S/C16H26N2O3/c1-12(19)13-8-5-6-9-14(13)17-10-7-11-18-15(20)21-16(2,3)4/h5-6,8-9,12,17,19H,7,10-11H2,1-4H3,(H,18,20). The third kappa shape index (κ3) is 6.99. The number of ether oxygens (including phenoxy) is 1. The zero-order valence-corrected chi connectivity index (χ0v) is 13.3. The molecule has 1 rings (SSSR count). The van der Waals surface area contributed by atoms with Crippen LogP contribution >= 0.6 is 0 Å². The van der Waals surface area contributed by atoms with Crippen molar-refractivity contribution >= 4 is 11.8 Å². The molecule has 0 fully saturated rings. The van der Waals surface area contributed by atoms with E-state index in [-0.39, 0.29) is 0 Å². The average Bonchev–Trinajstić information content (AvgIpc) is 2.36. The van der Waals surface area contributed by atoms with Crippen LogP contribution in [0.3, 0.4) is 0 Å². The lowest BCUT2D eigenvalue weighted by Crippen LogP contribution is -2.33. The predicted molar refractivity (Wildman–Crippen MR) is 84.4 cm³/mol. The quantitative estimate of drug-likeness (QED) is 0.705. The van der Waals surface area contributed by atoms with Gasteiger partial charge in [0.2, 0.25) is 0 Å². The zero-order chi connectivity index (χ0) is 15.9. The van der Waals surface area contributed by atoms with Gasteiger partial charge in [0.1, 0.15) is 5.60 Å². The van der Waals surface area contributed by atoms with E-state index in [0.29, 0.717) is 13.1 Å². The number of aliphatic hydroxyl groups is 1. The lowest BCUT2D eigenvalue weighted by atomic mass is 10.1. The van der Waals surface area contributed by atoms with Crippen molar-refractivity contribution < 1.29 is 14.6 Å². The number of rotatable bonds is 6. The van der Waals surface area contributed by atoms with E-state index in [1.165, 1.54) is 0 Å². The molecule has 0 aliphatic carbocycles. The molecular formula is C16H26N2O3. The van der Waals surface area contributed by atoms with Crippen molar-refractivity contribution in [3.63, 3.8) is 0 Å². The molecule has 3 N–H and O–H groups in total. The third-order valence-electron chi connectivity index (χ3n) is 2.75. The fourth-order valence-electron chi connectivity index (χ4n) is 1.84. The maximum Gasteiger partial charge on any atom is 0.407 e. The SMILES string of the molecule is CC(O)c1ccccc1NCCCNC(=O)OC(C)(C)C. The molecule has 5 nitrogen and oxygen atoms in total. The van der Waals surface area contributed by atoms with Gasteiger partial charge in [-0.2, -0.15) is 0 Å². The van der Waals surface area contributed by atoms with Crippen molar-refractivity contribution in [3.8, 4) is 0 Å². The Morgan fingerprint density at radius 2 is 1.95 bits per heavy atom. The highest BCUT2D eigenvalue weighted by Crippen LogP contribution is 2.21. The number of nitrogens with one attached hydrogen (secondary N) is 2. The summed E-state index contributed by atoms with van der Waals surface area (Å²) in [7, 11) is 0. The highest BCUT2D eigenvalue weighted by atomic mass is 16.6. The second-order valence-electron chi connectivity index (χ2n) is 5.97. The molecule has 0 heterocycles. The number of anilines is 1. The first-order valence-corrected chi connectivity index (χ1v) is 7.27. The van der Waals surface area contributed by atoms with E-state index in [0.717, 1.165) is 17.7 Å². The smallest absolute Gasteiger partial charge is 0.407 e. The summed E-state index contributed by atoms with van der Waals surface area (Å²) < 4.78 is 5.15. The van der Waals surface area contributed by atoms with Crippen LogP contribution < -0.4 is 10.6 Å². The summed E-state index contributed by atoms with van der Waals surface area (Å²) in [6.45, 7) is 8.49. The molecule has 118 valence electrons. The number of carbonyl (C=O) groups excluding carboxylic acids is 1. The number of hydrogen-bond donors (Lipinski definition) is 3. The molecule has 0 saturated heterocycles. The number of benzene rings is 1. The number of alkyl carbamates (subject to hydrolysis) is 1. The maximum absolute atomic E-state index is 11.4. The Kier molecular flexibility index (Phi) is 6.49. The summed E-state index contributed by atoms with van der Waals surface area (Å²) in [4.78, 5) is 11.4. The summed E-state index contributed by atoms with van der Waals surface area (Å²) in [5.41, 5.74) is 1.32. The Hall–Kier alpha value is -1.75. The highest BCUT2D eigenvalue weighted by Gasteiger charge is 2.15. The van der Waals surface area contributed by atoms with Crippen molar-refractivity contribution in [1.29, 1.82) is 0 Å². The molecule has 1 aromatic rings. The largest absolute Gasteiger partial charge is 0.444 e.